The lowest BCUT2D eigenvalue weighted by molar-refractivity contribution is 0.568. The molecule has 1 radical (unpaired) electrons. The first-order chi connectivity index (χ1) is 4.84. The van der Waals surface area contributed by atoms with Crippen LogP contribution in [0.4, 0.5) is 0 Å². The lowest BCUT2D eigenvalue weighted by Crippen LogP contribution is -2.27. The van der Waals surface area contributed by atoms with Crippen LogP contribution in [0.2, 0.25) is 6.82 Å². The van der Waals surface area contributed by atoms with Crippen LogP contribution in [-0.2, 0) is 4.79 Å². The molecular formula is C8H8BO. The summed E-state index contributed by atoms with van der Waals surface area (Å²) in [6.45, 7) is 1.74. The quantitative estimate of drug-likeness (QED) is 0.539. The van der Waals surface area contributed by atoms with Crippen LogP contribution in [0, 0.1) is 0 Å². The minimum atomic E-state index is -0.0961. The largest absolute Gasteiger partial charge is 0.303 e. The van der Waals surface area contributed by atoms with Gasteiger partial charge >= 0.3 is 0 Å². The van der Waals surface area contributed by atoms with Crippen molar-refractivity contribution in [2.75, 3.05) is 0 Å². The van der Waals surface area contributed by atoms with E-state index in [0.29, 0.717) is 0 Å². The second-order valence-electron chi connectivity index (χ2n) is 2.25. The van der Waals surface area contributed by atoms with E-state index in [-0.39, 0.29) is 6.71 Å². The Kier molecular flexibility index (Phi) is 2.27. The van der Waals surface area contributed by atoms with Crippen molar-refractivity contribution in [3.63, 3.8) is 0 Å². The first-order valence-corrected chi connectivity index (χ1v) is 3.27. The average Bonchev–Trinajstić information content (AvgIpc) is 2.05. The summed E-state index contributed by atoms with van der Waals surface area (Å²) in [5.41, 5.74) is 1.03. The molecule has 0 saturated carbocycles. The van der Waals surface area contributed by atoms with E-state index in [1.54, 1.807) is 0 Å². The highest BCUT2D eigenvalue weighted by Gasteiger charge is 2.07. The zero-order valence-corrected chi connectivity index (χ0v) is 5.87. The Labute approximate surface area is 61.1 Å². The van der Waals surface area contributed by atoms with Crippen molar-refractivity contribution in [2.24, 2.45) is 0 Å². The van der Waals surface area contributed by atoms with E-state index in [1.807, 2.05) is 43.3 Å². The van der Waals surface area contributed by atoms with Crippen molar-refractivity contribution in [2.45, 2.75) is 6.82 Å². The van der Waals surface area contributed by atoms with Crippen molar-refractivity contribution in [3.8, 4) is 0 Å². The van der Waals surface area contributed by atoms with Gasteiger partial charge in [-0.3, -0.25) is 0 Å². The fourth-order valence-electron chi connectivity index (χ4n) is 0.810. The predicted molar refractivity (Wildman–Crippen MR) is 43.4 cm³/mol. The number of hydrogen-bond acceptors (Lipinski definition) is 1. The molecule has 0 amide bonds. The van der Waals surface area contributed by atoms with Gasteiger partial charge in [-0.15, -0.1) is 0 Å². The Bertz CT molecular complexity index is 208. The smallest absolute Gasteiger partial charge is 0.262 e. The molecule has 0 spiro atoms. The Morgan fingerprint density at radius 2 is 1.90 bits per heavy atom. The van der Waals surface area contributed by atoms with Crippen LogP contribution in [0.3, 0.4) is 0 Å². The van der Waals surface area contributed by atoms with E-state index in [4.69, 9.17) is 0 Å². The highest BCUT2D eigenvalue weighted by Crippen LogP contribution is 1.84. The molecule has 0 bridgehead atoms. The maximum absolute atomic E-state index is 10.2. The van der Waals surface area contributed by atoms with E-state index in [2.05, 4.69) is 0 Å². The van der Waals surface area contributed by atoms with E-state index < -0.39 is 0 Å². The SMILES string of the molecule is CB([C]=O)c1ccccc1. The molecule has 1 aromatic rings. The molecule has 0 unspecified atom stereocenters. The maximum atomic E-state index is 10.2. The van der Waals surface area contributed by atoms with Crippen molar-refractivity contribution >= 4 is 18.4 Å². The van der Waals surface area contributed by atoms with Crippen LogP contribution in [0.15, 0.2) is 30.3 Å². The molecule has 0 aromatic heterocycles. The summed E-state index contributed by atoms with van der Waals surface area (Å²) in [6, 6.07) is 9.62. The van der Waals surface area contributed by atoms with Gasteiger partial charge in [-0.05, 0) is 0 Å². The molecule has 0 heterocycles. The van der Waals surface area contributed by atoms with Gasteiger partial charge in [-0.25, -0.2) is 0 Å². The fraction of sp³-hybridized carbons (Fsp3) is 0.125. The third-order valence-corrected chi connectivity index (χ3v) is 1.48. The normalized spacial score (nSPS) is 8.90. The second kappa shape index (κ2) is 3.21. The Balaban J connectivity index is 2.84. The molecule has 1 aromatic carbocycles. The van der Waals surface area contributed by atoms with E-state index in [9.17, 15) is 4.79 Å². The molecular weight excluding hydrogens is 123 g/mol. The fourth-order valence-corrected chi connectivity index (χ4v) is 0.810. The van der Waals surface area contributed by atoms with Crippen LogP contribution in [0.25, 0.3) is 0 Å². The van der Waals surface area contributed by atoms with Gasteiger partial charge in [0.15, 0.2) is 6.19 Å². The first-order valence-electron chi connectivity index (χ1n) is 3.27. The maximum Gasteiger partial charge on any atom is 0.262 e. The van der Waals surface area contributed by atoms with E-state index >= 15 is 0 Å². The van der Waals surface area contributed by atoms with Gasteiger partial charge in [0.2, 0.25) is 0 Å². The van der Waals surface area contributed by atoms with Crippen LogP contribution in [0.5, 0.6) is 0 Å². The number of benzene rings is 1. The number of hydrogen-bond donors (Lipinski definition) is 0. The Morgan fingerprint density at radius 1 is 1.30 bits per heavy atom. The molecule has 0 aliphatic rings. The molecule has 0 atom stereocenters. The third kappa shape index (κ3) is 1.47. The molecule has 10 heavy (non-hydrogen) atoms. The summed E-state index contributed by atoms with van der Waals surface area (Å²) in [7, 11) is 0. The van der Waals surface area contributed by atoms with Gasteiger partial charge in [0.05, 0.1) is 0 Å². The van der Waals surface area contributed by atoms with Crippen LogP contribution in [0.1, 0.15) is 0 Å². The van der Waals surface area contributed by atoms with Crippen molar-refractivity contribution < 1.29 is 4.79 Å². The highest BCUT2D eigenvalue weighted by molar-refractivity contribution is 6.93. The van der Waals surface area contributed by atoms with Gasteiger partial charge < -0.3 is 4.79 Å². The molecule has 1 nitrogen and oxygen atoms in total. The molecule has 2 heteroatoms. The van der Waals surface area contributed by atoms with Gasteiger partial charge in [-0.2, -0.15) is 0 Å². The van der Waals surface area contributed by atoms with E-state index in [1.165, 1.54) is 0 Å². The van der Waals surface area contributed by atoms with E-state index in [0.717, 1.165) is 5.46 Å². The van der Waals surface area contributed by atoms with Gasteiger partial charge in [0.1, 0.15) is 0 Å². The zero-order chi connectivity index (χ0) is 7.40. The van der Waals surface area contributed by atoms with Crippen LogP contribution >= 0.6 is 0 Å². The molecule has 0 saturated heterocycles. The van der Waals surface area contributed by atoms with Gasteiger partial charge in [0, 0.05) is 0 Å². The lowest BCUT2D eigenvalue weighted by Gasteiger charge is -1.96. The summed E-state index contributed by atoms with van der Waals surface area (Å²) in [5.74, 6) is 0. The lowest BCUT2D eigenvalue weighted by atomic mass is 9.49. The predicted octanol–water partition coefficient (Wildman–Crippen LogP) is 0.667. The van der Waals surface area contributed by atoms with Crippen molar-refractivity contribution in [1.82, 2.24) is 0 Å². The van der Waals surface area contributed by atoms with Crippen LogP contribution in [-0.4, -0.2) is 12.9 Å². The Hall–Kier alpha value is -1.05. The highest BCUT2D eigenvalue weighted by atomic mass is 16.1. The second-order valence-corrected chi connectivity index (χ2v) is 2.25. The average molecular weight is 131 g/mol. The topological polar surface area (TPSA) is 17.1 Å². The molecule has 1 rings (SSSR count). The summed E-state index contributed by atoms with van der Waals surface area (Å²) in [5, 5.41) is 0. The molecule has 0 N–H and O–H groups in total. The van der Waals surface area contributed by atoms with Gasteiger partial charge in [-0.1, -0.05) is 42.6 Å². The van der Waals surface area contributed by atoms with Crippen molar-refractivity contribution in [3.05, 3.63) is 30.3 Å². The summed E-state index contributed by atoms with van der Waals surface area (Å²) >= 11 is 0. The number of carbonyl (C=O) groups excluding carboxylic acids is 1. The third-order valence-electron chi connectivity index (χ3n) is 1.48. The Morgan fingerprint density at radius 3 is 2.40 bits per heavy atom. The first kappa shape index (κ1) is 7.07. The standard InChI is InChI=1S/C8H8BO/c1-9(7-10)8-5-3-2-4-6-8/h2-6H,1H3. The molecule has 0 fully saturated rings. The van der Waals surface area contributed by atoms with Crippen LogP contribution < -0.4 is 5.46 Å². The molecule has 0 aliphatic carbocycles. The zero-order valence-electron chi connectivity index (χ0n) is 5.87. The van der Waals surface area contributed by atoms with Gasteiger partial charge in [0.25, 0.3) is 6.71 Å². The summed E-state index contributed by atoms with van der Waals surface area (Å²) in [6.07, 6.45) is 1.93. The number of rotatable bonds is 2. The summed E-state index contributed by atoms with van der Waals surface area (Å²) < 4.78 is 0. The van der Waals surface area contributed by atoms with Crippen molar-refractivity contribution in [1.29, 1.82) is 0 Å². The minimum Gasteiger partial charge on any atom is -0.303 e. The molecule has 0 aliphatic heterocycles. The molecule has 49 valence electrons. The minimum absolute atomic E-state index is 0.0961. The monoisotopic (exact) mass is 131 g/mol. The summed E-state index contributed by atoms with van der Waals surface area (Å²) in [4.78, 5) is 10.2.